The predicted octanol–water partition coefficient (Wildman–Crippen LogP) is -0.375. The molecule has 1 atom stereocenters. The van der Waals surface area contributed by atoms with E-state index >= 15 is 0 Å². The molecule has 2 amide bonds. The number of carboxylic acid groups (broad SMARTS) is 1. The van der Waals surface area contributed by atoms with Crippen LogP contribution in [0.5, 0.6) is 0 Å². The number of ether oxygens (including phenoxy) is 1. The van der Waals surface area contributed by atoms with Crippen LogP contribution in [0, 0.1) is 0 Å². The van der Waals surface area contributed by atoms with Crippen molar-refractivity contribution in [3.8, 4) is 0 Å². The van der Waals surface area contributed by atoms with E-state index in [1.54, 1.807) is 0 Å². The molecule has 0 saturated carbocycles. The van der Waals surface area contributed by atoms with E-state index in [4.69, 9.17) is 9.84 Å². The van der Waals surface area contributed by atoms with Gasteiger partial charge in [-0.15, -0.1) is 0 Å². The Balaban J connectivity index is 2.28. The lowest BCUT2D eigenvalue weighted by Crippen LogP contribution is -2.34. The number of carbonyl (C=O) groups is 3. The van der Waals surface area contributed by atoms with Crippen LogP contribution in [0.3, 0.4) is 0 Å². The molecular weight excluding hydrogens is 202 g/mol. The molecule has 15 heavy (non-hydrogen) atoms. The van der Waals surface area contributed by atoms with Crippen LogP contribution in [0.2, 0.25) is 0 Å². The maximum absolute atomic E-state index is 11.1. The first-order valence-electron chi connectivity index (χ1n) is 4.70. The van der Waals surface area contributed by atoms with E-state index in [0.717, 1.165) is 4.90 Å². The molecular formula is C9H13NO5. The van der Waals surface area contributed by atoms with Crippen molar-refractivity contribution in [3.63, 3.8) is 0 Å². The topological polar surface area (TPSA) is 83.9 Å². The quantitative estimate of drug-likeness (QED) is 0.632. The molecule has 0 aliphatic carbocycles. The van der Waals surface area contributed by atoms with E-state index in [-0.39, 0.29) is 37.8 Å². The Morgan fingerprint density at radius 3 is 2.47 bits per heavy atom. The first kappa shape index (κ1) is 11.6. The summed E-state index contributed by atoms with van der Waals surface area (Å²) in [5.74, 6) is -1.49. The van der Waals surface area contributed by atoms with Gasteiger partial charge in [0.2, 0.25) is 11.8 Å². The predicted molar refractivity (Wildman–Crippen MR) is 49.0 cm³/mol. The standard InChI is InChI=1S/C9H13NO5/c1-6(9(13)14)15-5-4-10-7(11)2-3-8(10)12/h6H,2-5H2,1H3,(H,13,14)/t6-/m1/s1. The average molecular weight is 215 g/mol. The number of hydrogen-bond acceptors (Lipinski definition) is 4. The average Bonchev–Trinajstić information content (AvgIpc) is 2.48. The van der Waals surface area contributed by atoms with Crippen LogP contribution < -0.4 is 0 Å². The zero-order valence-corrected chi connectivity index (χ0v) is 8.43. The number of carbonyl (C=O) groups excluding carboxylic acids is 2. The van der Waals surface area contributed by atoms with E-state index in [2.05, 4.69) is 0 Å². The van der Waals surface area contributed by atoms with Crippen molar-refractivity contribution in [1.29, 1.82) is 0 Å². The zero-order valence-electron chi connectivity index (χ0n) is 8.43. The lowest BCUT2D eigenvalue weighted by molar-refractivity contribution is -0.149. The van der Waals surface area contributed by atoms with Gasteiger partial charge in [-0.1, -0.05) is 0 Å². The fourth-order valence-corrected chi connectivity index (χ4v) is 1.26. The minimum absolute atomic E-state index is 0.0605. The van der Waals surface area contributed by atoms with Gasteiger partial charge in [-0.05, 0) is 6.92 Å². The van der Waals surface area contributed by atoms with Crippen LogP contribution in [0.25, 0.3) is 0 Å². The van der Waals surface area contributed by atoms with Crippen molar-refractivity contribution in [2.45, 2.75) is 25.9 Å². The molecule has 1 N–H and O–H groups in total. The summed E-state index contributed by atoms with van der Waals surface area (Å²) in [6.07, 6.45) is -0.432. The monoisotopic (exact) mass is 215 g/mol. The summed E-state index contributed by atoms with van der Waals surface area (Å²) in [6.45, 7) is 1.59. The fraction of sp³-hybridized carbons (Fsp3) is 0.667. The molecule has 1 fully saturated rings. The largest absolute Gasteiger partial charge is 0.479 e. The summed E-state index contributed by atoms with van der Waals surface area (Å²) < 4.78 is 4.92. The van der Waals surface area contributed by atoms with Crippen LogP contribution in [0.15, 0.2) is 0 Å². The molecule has 0 bridgehead atoms. The Labute approximate surface area is 86.8 Å². The van der Waals surface area contributed by atoms with Gasteiger partial charge in [0, 0.05) is 12.8 Å². The number of likely N-dealkylation sites (tertiary alicyclic amines) is 1. The van der Waals surface area contributed by atoms with Gasteiger partial charge in [-0.25, -0.2) is 4.79 Å². The third-order valence-corrected chi connectivity index (χ3v) is 2.19. The molecule has 0 spiro atoms. The van der Waals surface area contributed by atoms with Gasteiger partial charge in [0.25, 0.3) is 0 Å². The Morgan fingerprint density at radius 2 is 2.00 bits per heavy atom. The first-order valence-corrected chi connectivity index (χ1v) is 4.70. The summed E-state index contributed by atoms with van der Waals surface area (Å²) in [5.41, 5.74) is 0. The Kier molecular flexibility index (Phi) is 3.79. The molecule has 6 heteroatoms. The van der Waals surface area contributed by atoms with E-state index < -0.39 is 12.1 Å². The van der Waals surface area contributed by atoms with Gasteiger partial charge in [0.05, 0.1) is 13.2 Å². The van der Waals surface area contributed by atoms with Crippen molar-refractivity contribution in [1.82, 2.24) is 4.90 Å². The molecule has 0 aromatic heterocycles. The summed E-state index contributed by atoms with van der Waals surface area (Å²) >= 11 is 0. The van der Waals surface area contributed by atoms with Gasteiger partial charge in [0.1, 0.15) is 0 Å². The van der Waals surface area contributed by atoms with E-state index in [9.17, 15) is 14.4 Å². The molecule has 0 unspecified atom stereocenters. The number of rotatable bonds is 5. The van der Waals surface area contributed by atoms with Crippen LogP contribution in [-0.4, -0.2) is 47.0 Å². The van der Waals surface area contributed by atoms with Gasteiger partial charge >= 0.3 is 5.97 Å². The molecule has 1 heterocycles. The van der Waals surface area contributed by atoms with Gasteiger partial charge in [-0.2, -0.15) is 0 Å². The Morgan fingerprint density at radius 1 is 1.47 bits per heavy atom. The van der Waals surface area contributed by atoms with Crippen molar-refractivity contribution in [2.24, 2.45) is 0 Å². The first-order chi connectivity index (χ1) is 7.02. The second kappa shape index (κ2) is 4.88. The molecule has 0 aromatic carbocycles. The number of imide groups is 1. The lowest BCUT2D eigenvalue weighted by Gasteiger charge is -2.14. The lowest BCUT2D eigenvalue weighted by atomic mass is 10.4. The maximum Gasteiger partial charge on any atom is 0.332 e. The molecule has 1 saturated heterocycles. The minimum atomic E-state index is -1.06. The summed E-state index contributed by atoms with van der Waals surface area (Å²) in [5, 5.41) is 8.51. The Bertz CT molecular complexity index is 272. The van der Waals surface area contributed by atoms with Crippen LogP contribution in [-0.2, 0) is 19.1 Å². The highest BCUT2D eigenvalue weighted by molar-refractivity contribution is 6.01. The number of hydrogen-bond donors (Lipinski definition) is 1. The van der Waals surface area contributed by atoms with Crippen molar-refractivity contribution in [2.75, 3.05) is 13.2 Å². The highest BCUT2D eigenvalue weighted by Gasteiger charge is 2.28. The molecule has 1 rings (SSSR count). The van der Waals surface area contributed by atoms with Crippen LogP contribution in [0.4, 0.5) is 0 Å². The maximum atomic E-state index is 11.1. The SMILES string of the molecule is C[C@@H](OCCN1C(=O)CCC1=O)C(=O)O. The number of nitrogens with zero attached hydrogens (tertiary/aromatic N) is 1. The molecule has 1 aliphatic rings. The summed E-state index contributed by atoms with van der Waals surface area (Å²) in [6, 6.07) is 0. The molecule has 6 nitrogen and oxygen atoms in total. The van der Waals surface area contributed by atoms with Crippen molar-refractivity contribution in [3.05, 3.63) is 0 Å². The summed E-state index contributed by atoms with van der Waals surface area (Å²) in [7, 11) is 0. The minimum Gasteiger partial charge on any atom is -0.479 e. The Hall–Kier alpha value is -1.43. The van der Waals surface area contributed by atoms with E-state index in [1.165, 1.54) is 6.92 Å². The van der Waals surface area contributed by atoms with Gasteiger partial charge < -0.3 is 9.84 Å². The van der Waals surface area contributed by atoms with Gasteiger partial charge in [0.15, 0.2) is 6.10 Å². The van der Waals surface area contributed by atoms with Crippen molar-refractivity contribution < 1.29 is 24.2 Å². The zero-order chi connectivity index (χ0) is 11.4. The number of aliphatic carboxylic acids is 1. The third-order valence-electron chi connectivity index (χ3n) is 2.19. The highest BCUT2D eigenvalue weighted by Crippen LogP contribution is 2.10. The van der Waals surface area contributed by atoms with Crippen LogP contribution in [0.1, 0.15) is 19.8 Å². The second-order valence-corrected chi connectivity index (χ2v) is 3.29. The van der Waals surface area contributed by atoms with Crippen molar-refractivity contribution >= 4 is 17.8 Å². The molecule has 0 aromatic rings. The number of carboxylic acids is 1. The normalized spacial score (nSPS) is 18.3. The third kappa shape index (κ3) is 3.02. The smallest absolute Gasteiger partial charge is 0.332 e. The molecule has 1 aliphatic heterocycles. The van der Waals surface area contributed by atoms with E-state index in [1.807, 2.05) is 0 Å². The van der Waals surface area contributed by atoms with Gasteiger partial charge in [-0.3, -0.25) is 14.5 Å². The second-order valence-electron chi connectivity index (χ2n) is 3.29. The molecule has 84 valence electrons. The molecule has 0 radical (unpaired) electrons. The summed E-state index contributed by atoms with van der Waals surface area (Å²) in [4.78, 5) is 33.7. The highest BCUT2D eigenvalue weighted by atomic mass is 16.5. The number of amides is 2. The van der Waals surface area contributed by atoms with Crippen LogP contribution >= 0.6 is 0 Å². The van der Waals surface area contributed by atoms with E-state index in [0.29, 0.717) is 0 Å². The fourth-order valence-electron chi connectivity index (χ4n) is 1.26.